The lowest BCUT2D eigenvalue weighted by Gasteiger charge is -2.29. The minimum absolute atomic E-state index is 0.0127. The van der Waals surface area contributed by atoms with Gasteiger partial charge in [0.2, 0.25) is 0 Å². The fourth-order valence-electron chi connectivity index (χ4n) is 4.79. The lowest BCUT2D eigenvalue weighted by atomic mass is 9.82. The molecule has 2 aliphatic rings. The zero-order valence-electron chi connectivity index (χ0n) is 20.6. The van der Waals surface area contributed by atoms with Gasteiger partial charge in [0.1, 0.15) is 6.61 Å². The summed E-state index contributed by atoms with van der Waals surface area (Å²) in [5, 5.41) is 0. The molecular formula is C29H33F3O4. The first kappa shape index (κ1) is 26.5. The molecule has 194 valence electrons. The summed E-state index contributed by atoms with van der Waals surface area (Å²) >= 11 is 0. The van der Waals surface area contributed by atoms with Gasteiger partial charge in [0, 0.05) is 23.7 Å². The molecule has 36 heavy (non-hydrogen) atoms. The summed E-state index contributed by atoms with van der Waals surface area (Å²) in [6.07, 6.45) is 7.70. The maximum absolute atomic E-state index is 14.9. The quantitative estimate of drug-likeness (QED) is 0.343. The molecule has 4 nitrogen and oxygen atoms in total. The molecule has 4 rings (SSSR count). The Kier molecular flexibility index (Phi) is 9.24. The second kappa shape index (κ2) is 12.6. The van der Waals surface area contributed by atoms with Gasteiger partial charge in [0.05, 0.1) is 19.3 Å². The van der Waals surface area contributed by atoms with Crippen molar-refractivity contribution in [1.29, 1.82) is 0 Å². The van der Waals surface area contributed by atoms with Gasteiger partial charge in [0.25, 0.3) is 0 Å². The van der Waals surface area contributed by atoms with Crippen molar-refractivity contribution in [3.63, 3.8) is 0 Å². The summed E-state index contributed by atoms with van der Waals surface area (Å²) < 4.78 is 66.4. The van der Waals surface area contributed by atoms with E-state index in [1.165, 1.54) is 18.2 Å². The molecule has 1 aliphatic carbocycles. The molecule has 0 aromatic heterocycles. The van der Waals surface area contributed by atoms with Gasteiger partial charge in [-0.3, -0.25) is 0 Å². The Labute approximate surface area is 210 Å². The van der Waals surface area contributed by atoms with E-state index in [4.69, 9.17) is 18.9 Å². The van der Waals surface area contributed by atoms with E-state index in [9.17, 15) is 13.2 Å². The second-order valence-electron chi connectivity index (χ2n) is 9.21. The molecule has 2 fully saturated rings. The van der Waals surface area contributed by atoms with Crippen LogP contribution in [0.2, 0.25) is 0 Å². The van der Waals surface area contributed by atoms with Crippen LogP contribution in [-0.2, 0) is 14.2 Å². The molecule has 0 bridgehead atoms. The second-order valence-corrected chi connectivity index (χ2v) is 9.21. The monoisotopic (exact) mass is 502 g/mol. The van der Waals surface area contributed by atoms with Crippen LogP contribution < -0.4 is 4.74 Å². The number of hydrogen-bond acceptors (Lipinski definition) is 4. The van der Waals surface area contributed by atoms with Crippen molar-refractivity contribution in [3.05, 3.63) is 83.2 Å². The molecule has 0 spiro atoms. The fourth-order valence-corrected chi connectivity index (χ4v) is 4.79. The lowest BCUT2D eigenvalue weighted by molar-refractivity contribution is -0.197. The SMILES string of the molecule is C=CCOc1ccc(C2OCC(/C=C/c3ccc(C4CCC(OCC)CC4)c(F)c3F)CO2)cc1F. The number of ether oxygens (including phenoxy) is 4. The van der Waals surface area contributed by atoms with Gasteiger partial charge in [-0.1, -0.05) is 43.0 Å². The van der Waals surface area contributed by atoms with Crippen LogP contribution in [0.15, 0.2) is 49.1 Å². The predicted octanol–water partition coefficient (Wildman–Crippen LogP) is 7.11. The molecule has 7 heteroatoms. The van der Waals surface area contributed by atoms with Crippen molar-refractivity contribution in [2.24, 2.45) is 5.92 Å². The highest BCUT2D eigenvalue weighted by molar-refractivity contribution is 5.52. The van der Waals surface area contributed by atoms with E-state index in [-0.39, 0.29) is 35.9 Å². The molecule has 0 atom stereocenters. The summed E-state index contributed by atoms with van der Waals surface area (Å²) in [7, 11) is 0. The average Bonchev–Trinajstić information content (AvgIpc) is 2.90. The third-order valence-corrected chi connectivity index (χ3v) is 6.71. The van der Waals surface area contributed by atoms with Crippen LogP contribution in [0, 0.1) is 23.4 Å². The highest BCUT2D eigenvalue weighted by Crippen LogP contribution is 2.36. The summed E-state index contributed by atoms with van der Waals surface area (Å²) in [6.45, 7) is 7.02. The Balaban J connectivity index is 1.32. The summed E-state index contributed by atoms with van der Waals surface area (Å²) in [4.78, 5) is 0. The number of halogens is 3. The molecule has 2 aromatic carbocycles. The predicted molar refractivity (Wildman–Crippen MR) is 132 cm³/mol. The number of benzene rings is 2. The van der Waals surface area contributed by atoms with E-state index in [1.54, 1.807) is 30.4 Å². The highest BCUT2D eigenvalue weighted by atomic mass is 19.2. The van der Waals surface area contributed by atoms with Crippen LogP contribution >= 0.6 is 0 Å². The van der Waals surface area contributed by atoms with Gasteiger partial charge in [0.15, 0.2) is 29.5 Å². The van der Waals surface area contributed by atoms with E-state index in [2.05, 4.69) is 6.58 Å². The molecule has 1 saturated heterocycles. The van der Waals surface area contributed by atoms with Gasteiger partial charge >= 0.3 is 0 Å². The molecule has 0 unspecified atom stereocenters. The Hall–Kier alpha value is -2.61. The smallest absolute Gasteiger partial charge is 0.183 e. The maximum Gasteiger partial charge on any atom is 0.183 e. The lowest BCUT2D eigenvalue weighted by Crippen LogP contribution is -2.25. The standard InChI is InChI=1S/C29H33F3O4/c1-3-15-34-26-14-10-22(16-25(26)30)29-35-17-19(18-36-29)5-6-21-9-13-24(28(32)27(21)31)20-7-11-23(12-8-20)33-4-2/h3,5-6,9-10,13-14,16,19-20,23,29H,1,4,7-8,11-12,15,17-18H2,2H3/b6-5+. The molecule has 2 aromatic rings. The van der Waals surface area contributed by atoms with Crippen LogP contribution in [0.3, 0.4) is 0 Å². The summed E-state index contributed by atoms with van der Waals surface area (Å²) in [6, 6.07) is 7.86. The average molecular weight is 503 g/mol. The van der Waals surface area contributed by atoms with E-state index in [0.29, 0.717) is 30.9 Å². The minimum atomic E-state index is -0.833. The van der Waals surface area contributed by atoms with Crippen molar-refractivity contribution in [2.45, 2.75) is 50.9 Å². The van der Waals surface area contributed by atoms with E-state index < -0.39 is 23.7 Å². The molecular weight excluding hydrogens is 469 g/mol. The molecule has 0 radical (unpaired) electrons. The normalized spacial score (nSPS) is 24.7. The fraction of sp³-hybridized carbons (Fsp3) is 0.448. The van der Waals surface area contributed by atoms with Gasteiger partial charge in [-0.15, -0.1) is 0 Å². The van der Waals surface area contributed by atoms with E-state index in [1.807, 2.05) is 6.92 Å². The molecule has 0 amide bonds. The summed E-state index contributed by atoms with van der Waals surface area (Å²) in [5.41, 5.74) is 1.18. The largest absolute Gasteiger partial charge is 0.486 e. The van der Waals surface area contributed by atoms with Gasteiger partial charge in [-0.2, -0.15) is 0 Å². The first-order valence-corrected chi connectivity index (χ1v) is 12.5. The van der Waals surface area contributed by atoms with Crippen LogP contribution in [-0.4, -0.2) is 32.5 Å². The first-order chi connectivity index (χ1) is 17.5. The van der Waals surface area contributed by atoms with Crippen molar-refractivity contribution < 1.29 is 32.1 Å². The minimum Gasteiger partial charge on any atom is -0.486 e. The Morgan fingerprint density at radius 3 is 2.42 bits per heavy atom. The molecule has 1 saturated carbocycles. The highest BCUT2D eigenvalue weighted by Gasteiger charge is 2.27. The number of rotatable bonds is 9. The topological polar surface area (TPSA) is 36.9 Å². The van der Waals surface area contributed by atoms with Gasteiger partial charge in [-0.05, 0) is 56.2 Å². The molecule has 1 heterocycles. The first-order valence-electron chi connectivity index (χ1n) is 12.5. The Morgan fingerprint density at radius 1 is 1.00 bits per heavy atom. The van der Waals surface area contributed by atoms with E-state index in [0.717, 1.165) is 25.7 Å². The molecule has 1 aliphatic heterocycles. The zero-order chi connectivity index (χ0) is 25.5. The van der Waals surface area contributed by atoms with Crippen molar-refractivity contribution in [1.82, 2.24) is 0 Å². The molecule has 0 N–H and O–H groups in total. The van der Waals surface area contributed by atoms with Crippen LogP contribution in [0.5, 0.6) is 5.75 Å². The van der Waals surface area contributed by atoms with Crippen LogP contribution in [0.1, 0.15) is 61.5 Å². The van der Waals surface area contributed by atoms with E-state index >= 15 is 0 Å². The zero-order valence-corrected chi connectivity index (χ0v) is 20.6. The van der Waals surface area contributed by atoms with Crippen LogP contribution in [0.25, 0.3) is 6.08 Å². The van der Waals surface area contributed by atoms with Gasteiger partial charge in [-0.25, -0.2) is 13.2 Å². The van der Waals surface area contributed by atoms with Crippen molar-refractivity contribution >= 4 is 6.08 Å². The maximum atomic E-state index is 14.9. The third kappa shape index (κ3) is 6.38. The van der Waals surface area contributed by atoms with Crippen molar-refractivity contribution in [2.75, 3.05) is 26.4 Å². The van der Waals surface area contributed by atoms with Gasteiger partial charge < -0.3 is 18.9 Å². The third-order valence-electron chi connectivity index (χ3n) is 6.71. The number of hydrogen-bond donors (Lipinski definition) is 0. The Bertz CT molecular complexity index is 1050. The van der Waals surface area contributed by atoms with Crippen LogP contribution in [0.4, 0.5) is 13.2 Å². The Morgan fingerprint density at radius 2 is 1.75 bits per heavy atom. The van der Waals surface area contributed by atoms with Crippen molar-refractivity contribution in [3.8, 4) is 5.75 Å². The summed E-state index contributed by atoms with van der Waals surface area (Å²) in [5.74, 6) is -2.10.